The van der Waals surface area contributed by atoms with Crippen molar-refractivity contribution in [3.8, 4) is 0 Å². The van der Waals surface area contributed by atoms with E-state index in [1.54, 1.807) is 6.20 Å². The fraction of sp³-hybridized carbons (Fsp3) is 0.348. The van der Waals surface area contributed by atoms with Crippen molar-refractivity contribution >= 4 is 44.5 Å². The van der Waals surface area contributed by atoms with Crippen LogP contribution in [0.4, 0.5) is 5.82 Å². The van der Waals surface area contributed by atoms with Gasteiger partial charge in [-0.25, -0.2) is 4.98 Å². The van der Waals surface area contributed by atoms with Gasteiger partial charge in [-0.3, -0.25) is 9.59 Å². The number of pyridine rings is 1. The third-order valence-corrected chi connectivity index (χ3v) is 6.83. The molecule has 30 heavy (non-hydrogen) atoms. The molecule has 7 heteroatoms. The number of halogens is 1. The van der Waals surface area contributed by atoms with Gasteiger partial charge in [0, 0.05) is 46.3 Å². The largest absolute Gasteiger partial charge is 0.341 e. The second kappa shape index (κ2) is 8.60. The van der Waals surface area contributed by atoms with Crippen molar-refractivity contribution in [1.29, 1.82) is 0 Å². The van der Waals surface area contributed by atoms with Crippen LogP contribution in [0.25, 0.3) is 10.9 Å². The lowest BCUT2D eigenvalue weighted by molar-refractivity contribution is -0.135. The minimum absolute atomic E-state index is 0.0172. The highest BCUT2D eigenvalue weighted by atomic mass is 79.9. The van der Waals surface area contributed by atoms with Crippen molar-refractivity contribution in [2.75, 3.05) is 18.4 Å². The first kappa shape index (κ1) is 20.6. The maximum Gasteiger partial charge on any atom is 0.242 e. The maximum atomic E-state index is 13.0. The highest BCUT2D eigenvalue weighted by Crippen LogP contribution is 2.30. The predicted molar refractivity (Wildman–Crippen MR) is 121 cm³/mol. The standard InChI is InChI=1S/C23H25BrN4O2/c1-15-7-10-25-20(13-15)26-23(30)17-8-11-27(12-9-17)21(29)14-28-16(2)22(24)18-5-3-4-6-19(18)28/h3-7,10,13,17H,8-9,11-12,14H2,1-2H3,(H,25,26,30). The van der Waals surface area contributed by atoms with E-state index in [0.29, 0.717) is 38.3 Å². The summed E-state index contributed by atoms with van der Waals surface area (Å²) >= 11 is 3.65. The minimum atomic E-state index is -0.0975. The number of hydrogen-bond acceptors (Lipinski definition) is 3. The average molecular weight is 469 g/mol. The van der Waals surface area contributed by atoms with Gasteiger partial charge in [-0.2, -0.15) is 0 Å². The zero-order valence-corrected chi connectivity index (χ0v) is 18.8. The molecule has 1 N–H and O–H groups in total. The normalized spacial score (nSPS) is 14.8. The van der Waals surface area contributed by atoms with Gasteiger partial charge >= 0.3 is 0 Å². The summed E-state index contributed by atoms with van der Waals surface area (Å²) in [6.07, 6.45) is 3.02. The molecule has 0 radical (unpaired) electrons. The molecular weight excluding hydrogens is 444 g/mol. The fourth-order valence-corrected chi connectivity index (χ4v) is 4.60. The average Bonchev–Trinajstić information content (AvgIpc) is 2.99. The Hall–Kier alpha value is -2.67. The number of carbonyl (C=O) groups excluding carboxylic acids is 2. The lowest BCUT2D eigenvalue weighted by atomic mass is 9.96. The Bertz CT molecular complexity index is 1100. The molecule has 0 bridgehead atoms. The van der Waals surface area contributed by atoms with Crippen LogP contribution in [-0.2, 0) is 16.1 Å². The predicted octanol–water partition coefficient (Wildman–Crippen LogP) is 4.29. The van der Waals surface area contributed by atoms with E-state index in [-0.39, 0.29) is 17.7 Å². The number of rotatable bonds is 4. The van der Waals surface area contributed by atoms with E-state index >= 15 is 0 Å². The van der Waals surface area contributed by atoms with Gasteiger partial charge in [0.05, 0.1) is 0 Å². The number of nitrogens with one attached hydrogen (secondary N) is 1. The summed E-state index contributed by atoms with van der Waals surface area (Å²) in [6, 6.07) is 11.8. The number of anilines is 1. The summed E-state index contributed by atoms with van der Waals surface area (Å²) in [5, 5.41) is 4.02. The van der Waals surface area contributed by atoms with E-state index in [1.807, 2.05) is 49.1 Å². The second-order valence-corrected chi connectivity index (χ2v) is 8.66. The van der Waals surface area contributed by atoms with E-state index < -0.39 is 0 Å². The van der Waals surface area contributed by atoms with Crippen LogP contribution in [0.1, 0.15) is 24.1 Å². The summed E-state index contributed by atoms with van der Waals surface area (Å²) in [4.78, 5) is 31.6. The van der Waals surface area contributed by atoms with Crippen LogP contribution < -0.4 is 5.32 Å². The molecule has 0 aliphatic carbocycles. The third kappa shape index (κ3) is 4.12. The number of aromatic nitrogens is 2. The Morgan fingerprint density at radius 2 is 1.90 bits per heavy atom. The lowest BCUT2D eigenvalue weighted by Crippen LogP contribution is -2.42. The number of carbonyl (C=O) groups is 2. The first-order valence-corrected chi connectivity index (χ1v) is 11.0. The molecule has 2 amide bonds. The van der Waals surface area contributed by atoms with Crippen LogP contribution in [0.15, 0.2) is 47.1 Å². The van der Waals surface area contributed by atoms with Crippen molar-refractivity contribution in [2.45, 2.75) is 33.2 Å². The molecule has 156 valence electrons. The van der Waals surface area contributed by atoms with Gasteiger partial charge in [-0.1, -0.05) is 18.2 Å². The van der Waals surface area contributed by atoms with Gasteiger partial charge < -0.3 is 14.8 Å². The number of piperidine rings is 1. The Kier molecular flexibility index (Phi) is 5.90. The highest BCUT2D eigenvalue weighted by molar-refractivity contribution is 9.10. The number of aryl methyl sites for hydroxylation is 1. The van der Waals surface area contributed by atoms with E-state index in [4.69, 9.17) is 0 Å². The molecule has 0 spiro atoms. The number of para-hydroxylation sites is 1. The summed E-state index contributed by atoms with van der Waals surface area (Å²) in [5.41, 5.74) is 3.15. The van der Waals surface area contributed by atoms with Crippen molar-refractivity contribution in [2.24, 2.45) is 5.92 Å². The maximum absolute atomic E-state index is 13.0. The van der Waals surface area contributed by atoms with Crippen molar-refractivity contribution in [3.63, 3.8) is 0 Å². The van der Waals surface area contributed by atoms with Crippen molar-refractivity contribution < 1.29 is 9.59 Å². The molecule has 1 fully saturated rings. The van der Waals surface area contributed by atoms with Gasteiger partial charge in [-0.05, 0) is 66.4 Å². The van der Waals surface area contributed by atoms with Gasteiger partial charge in [-0.15, -0.1) is 0 Å². The van der Waals surface area contributed by atoms with Gasteiger partial charge in [0.15, 0.2) is 0 Å². The Morgan fingerprint density at radius 1 is 1.17 bits per heavy atom. The smallest absolute Gasteiger partial charge is 0.242 e. The fourth-order valence-electron chi connectivity index (χ4n) is 4.05. The molecular formula is C23H25BrN4O2. The van der Waals surface area contributed by atoms with Gasteiger partial charge in [0.1, 0.15) is 12.4 Å². The van der Waals surface area contributed by atoms with Crippen molar-refractivity contribution in [1.82, 2.24) is 14.5 Å². The number of likely N-dealkylation sites (tertiary alicyclic amines) is 1. The molecule has 1 aromatic carbocycles. The van der Waals surface area contributed by atoms with Crippen LogP contribution >= 0.6 is 15.9 Å². The molecule has 4 rings (SSSR count). The molecule has 3 heterocycles. The second-order valence-electron chi connectivity index (χ2n) is 7.87. The van der Waals surface area contributed by atoms with E-state index in [0.717, 1.165) is 26.6 Å². The van der Waals surface area contributed by atoms with Crippen LogP contribution in [0.5, 0.6) is 0 Å². The molecule has 2 aromatic heterocycles. The topological polar surface area (TPSA) is 67.2 Å². The van der Waals surface area contributed by atoms with E-state index in [1.165, 1.54) is 0 Å². The molecule has 1 aliphatic heterocycles. The third-order valence-electron chi connectivity index (χ3n) is 5.83. The molecule has 0 unspecified atom stereocenters. The van der Waals surface area contributed by atoms with E-state index in [9.17, 15) is 9.59 Å². The molecule has 1 saturated heterocycles. The number of benzene rings is 1. The number of nitrogens with zero attached hydrogens (tertiary/aromatic N) is 3. The summed E-state index contributed by atoms with van der Waals surface area (Å²) in [7, 11) is 0. The summed E-state index contributed by atoms with van der Waals surface area (Å²) in [6.45, 7) is 5.49. The van der Waals surface area contributed by atoms with Crippen molar-refractivity contribution in [3.05, 3.63) is 58.3 Å². The highest BCUT2D eigenvalue weighted by Gasteiger charge is 2.28. The minimum Gasteiger partial charge on any atom is -0.341 e. The Labute approximate surface area is 184 Å². The Balaban J connectivity index is 1.37. The quantitative estimate of drug-likeness (QED) is 0.620. The lowest BCUT2D eigenvalue weighted by Gasteiger charge is -2.31. The first-order valence-electron chi connectivity index (χ1n) is 10.2. The molecule has 3 aromatic rings. The number of amides is 2. The van der Waals surface area contributed by atoms with Crippen LogP contribution in [0, 0.1) is 19.8 Å². The van der Waals surface area contributed by atoms with Gasteiger partial charge in [0.2, 0.25) is 11.8 Å². The Morgan fingerprint density at radius 3 is 2.63 bits per heavy atom. The first-order chi connectivity index (χ1) is 14.4. The van der Waals surface area contributed by atoms with Gasteiger partial charge in [0.25, 0.3) is 0 Å². The van der Waals surface area contributed by atoms with Crippen LogP contribution in [0.2, 0.25) is 0 Å². The monoisotopic (exact) mass is 468 g/mol. The molecule has 0 atom stereocenters. The molecule has 6 nitrogen and oxygen atoms in total. The van der Waals surface area contributed by atoms with Crippen LogP contribution in [0.3, 0.4) is 0 Å². The molecule has 0 saturated carbocycles. The summed E-state index contributed by atoms with van der Waals surface area (Å²) in [5.74, 6) is 0.556. The zero-order chi connectivity index (χ0) is 21.3. The number of fused-ring (bicyclic) bond motifs is 1. The SMILES string of the molecule is Cc1ccnc(NC(=O)C2CCN(C(=O)Cn3c(C)c(Br)c4ccccc43)CC2)c1. The number of hydrogen-bond donors (Lipinski definition) is 1. The summed E-state index contributed by atoms with van der Waals surface area (Å²) < 4.78 is 3.09. The van der Waals surface area contributed by atoms with E-state index in [2.05, 4.69) is 36.9 Å². The van der Waals surface area contributed by atoms with Crippen LogP contribution in [-0.4, -0.2) is 39.4 Å². The molecule has 1 aliphatic rings. The zero-order valence-electron chi connectivity index (χ0n) is 17.2.